The zero-order valence-electron chi connectivity index (χ0n) is 19.6. The maximum atomic E-state index is 13.3. The van der Waals surface area contributed by atoms with Crippen molar-refractivity contribution >= 4 is 21.7 Å². The van der Waals surface area contributed by atoms with E-state index in [0.29, 0.717) is 44.2 Å². The van der Waals surface area contributed by atoms with Crippen LogP contribution in [-0.2, 0) is 23.1 Å². The van der Waals surface area contributed by atoms with Crippen LogP contribution in [0.15, 0.2) is 65.6 Å². The summed E-state index contributed by atoms with van der Waals surface area (Å²) in [5.41, 5.74) is 2.15. The summed E-state index contributed by atoms with van der Waals surface area (Å²) in [6.45, 7) is 5.00. The summed E-state index contributed by atoms with van der Waals surface area (Å²) >= 11 is 0. The topological polar surface area (TPSA) is 111 Å². The number of sulfonamides is 1. The van der Waals surface area contributed by atoms with Crippen molar-refractivity contribution in [2.45, 2.75) is 31.3 Å². The van der Waals surface area contributed by atoms with Crippen molar-refractivity contribution in [2.24, 2.45) is 0 Å². The van der Waals surface area contributed by atoms with Gasteiger partial charge in [-0.25, -0.2) is 13.1 Å². The highest BCUT2D eigenvalue weighted by atomic mass is 32.2. The van der Waals surface area contributed by atoms with Crippen LogP contribution in [0, 0.1) is 18.3 Å². The number of aryl methyl sites for hydroxylation is 2. The van der Waals surface area contributed by atoms with Crippen LogP contribution >= 0.6 is 0 Å². The summed E-state index contributed by atoms with van der Waals surface area (Å²) < 4.78 is 29.6. The van der Waals surface area contributed by atoms with Crippen LogP contribution in [0.4, 0.5) is 5.82 Å². The first-order chi connectivity index (χ1) is 16.9. The maximum Gasteiger partial charge on any atom is 0.256 e. The molecule has 1 N–H and O–H groups in total. The van der Waals surface area contributed by atoms with Crippen LogP contribution in [0.1, 0.15) is 28.0 Å². The zero-order valence-corrected chi connectivity index (χ0v) is 20.4. The van der Waals surface area contributed by atoms with Crippen molar-refractivity contribution < 1.29 is 13.2 Å². The monoisotopic (exact) mass is 492 g/mol. The van der Waals surface area contributed by atoms with E-state index in [1.165, 1.54) is 22.0 Å². The molecule has 1 aliphatic rings. The average Bonchev–Trinajstić information content (AvgIpc) is 3.22. The second kappa shape index (κ2) is 10.8. The summed E-state index contributed by atoms with van der Waals surface area (Å²) in [4.78, 5) is 15.2. The molecule has 1 aliphatic heterocycles. The Labute approximate surface area is 205 Å². The molecule has 1 amide bonds. The Morgan fingerprint density at radius 3 is 2.51 bits per heavy atom. The Hall–Kier alpha value is -3.52. The lowest BCUT2D eigenvalue weighted by atomic mass is 10.2. The van der Waals surface area contributed by atoms with Crippen LogP contribution in [0.2, 0.25) is 0 Å². The molecule has 1 saturated heterocycles. The maximum absolute atomic E-state index is 13.3. The first-order valence-electron chi connectivity index (χ1n) is 11.5. The largest absolute Gasteiger partial charge is 0.307 e. The second-order valence-electron chi connectivity index (χ2n) is 8.45. The number of aromatic nitrogens is 2. The molecule has 3 aromatic rings. The fourth-order valence-corrected chi connectivity index (χ4v) is 5.55. The van der Waals surface area contributed by atoms with E-state index in [1.54, 1.807) is 29.8 Å². The number of anilines is 1. The number of hydrogen-bond acceptors (Lipinski definition) is 6. The highest BCUT2D eigenvalue weighted by Crippen LogP contribution is 2.21. The molecule has 2 aromatic carbocycles. The molecule has 0 radical (unpaired) electrons. The van der Waals surface area contributed by atoms with Gasteiger partial charge in [0.05, 0.1) is 29.6 Å². The summed E-state index contributed by atoms with van der Waals surface area (Å²) in [6.07, 6.45) is 0.260. The molecule has 10 heteroatoms. The molecule has 0 saturated carbocycles. The second-order valence-corrected chi connectivity index (χ2v) is 10.4. The fraction of sp³-hybridized carbons (Fsp3) is 0.320. The van der Waals surface area contributed by atoms with Gasteiger partial charge in [-0.3, -0.25) is 9.69 Å². The molecule has 182 valence electrons. The fourth-order valence-electron chi connectivity index (χ4n) is 4.08. The van der Waals surface area contributed by atoms with Crippen LogP contribution in [-0.4, -0.2) is 59.5 Å². The average molecular weight is 493 g/mol. The normalized spacial score (nSPS) is 15.0. The van der Waals surface area contributed by atoms with Gasteiger partial charge in [-0.05, 0) is 30.7 Å². The molecule has 4 rings (SSSR count). The number of nitrogens with zero attached hydrogens (tertiary/aromatic N) is 5. The summed E-state index contributed by atoms with van der Waals surface area (Å²) in [5, 5.41) is 15.9. The Balaban J connectivity index is 1.43. The molecular weight excluding hydrogens is 464 g/mol. The first-order valence-corrected chi connectivity index (χ1v) is 12.9. The lowest BCUT2D eigenvalue weighted by Crippen LogP contribution is -2.48. The van der Waals surface area contributed by atoms with E-state index in [0.717, 1.165) is 6.54 Å². The number of benzene rings is 2. The molecular formula is C25H28N6O3S. The third-order valence-corrected chi connectivity index (χ3v) is 7.79. The van der Waals surface area contributed by atoms with E-state index in [-0.39, 0.29) is 16.9 Å². The van der Waals surface area contributed by atoms with Crippen molar-refractivity contribution in [1.82, 2.24) is 19.0 Å². The smallest absolute Gasteiger partial charge is 0.256 e. The van der Waals surface area contributed by atoms with Gasteiger partial charge in [-0.1, -0.05) is 36.4 Å². The lowest BCUT2D eigenvalue weighted by Gasteiger charge is -2.34. The van der Waals surface area contributed by atoms with Gasteiger partial charge in [-0.15, -0.1) is 0 Å². The van der Waals surface area contributed by atoms with E-state index in [2.05, 4.69) is 33.5 Å². The van der Waals surface area contributed by atoms with Gasteiger partial charge < -0.3 is 5.32 Å². The Kier molecular flexibility index (Phi) is 7.60. The highest BCUT2D eigenvalue weighted by molar-refractivity contribution is 7.89. The van der Waals surface area contributed by atoms with Crippen LogP contribution < -0.4 is 5.32 Å². The van der Waals surface area contributed by atoms with Crippen molar-refractivity contribution in [2.75, 3.05) is 31.5 Å². The van der Waals surface area contributed by atoms with Gasteiger partial charge in [0.25, 0.3) is 5.91 Å². The number of nitrogens with one attached hydrogen (secondary N) is 1. The van der Waals surface area contributed by atoms with Crippen molar-refractivity contribution in [3.05, 3.63) is 77.5 Å². The summed E-state index contributed by atoms with van der Waals surface area (Å²) in [6, 6.07) is 20.0. The van der Waals surface area contributed by atoms with E-state index in [1.807, 2.05) is 18.2 Å². The van der Waals surface area contributed by atoms with Crippen molar-refractivity contribution in [1.29, 1.82) is 5.26 Å². The standard InChI is InChI=1S/C25H28N6O3S/c1-20-17-24(31(28-20)12-6-11-26)27-25(32)22-9-5-10-23(18-22)35(33,34)30-15-13-29(14-16-30)19-21-7-3-2-4-8-21/h2-5,7-10,17-18H,6,12-16,19H2,1H3,(H,27,32). The first kappa shape index (κ1) is 24.6. The van der Waals surface area contributed by atoms with Gasteiger partial charge in [0.15, 0.2) is 0 Å². The van der Waals surface area contributed by atoms with Crippen LogP contribution in [0.25, 0.3) is 0 Å². The molecule has 0 aliphatic carbocycles. The summed E-state index contributed by atoms with van der Waals surface area (Å²) in [5.74, 6) is 0.0263. The number of carbonyl (C=O) groups excluding carboxylic acids is 1. The van der Waals surface area contributed by atoms with Gasteiger partial charge in [-0.2, -0.15) is 14.7 Å². The molecule has 0 spiro atoms. The SMILES string of the molecule is Cc1cc(NC(=O)c2cccc(S(=O)(=O)N3CCN(Cc4ccccc4)CC3)c2)n(CCC#N)n1. The van der Waals surface area contributed by atoms with E-state index in [9.17, 15) is 13.2 Å². The third-order valence-electron chi connectivity index (χ3n) is 5.89. The number of carbonyl (C=O) groups is 1. The molecule has 35 heavy (non-hydrogen) atoms. The van der Waals surface area contributed by atoms with Crippen LogP contribution in [0.5, 0.6) is 0 Å². The number of hydrogen-bond donors (Lipinski definition) is 1. The minimum atomic E-state index is -3.73. The number of rotatable bonds is 8. The summed E-state index contributed by atoms with van der Waals surface area (Å²) in [7, 11) is -3.73. The molecule has 1 fully saturated rings. The molecule has 0 bridgehead atoms. The van der Waals surface area contributed by atoms with Gasteiger partial charge >= 0.3 is 0 Å². The van der Waals surface area contributed by atoms with Gasteiger partial charge in [0.1, 0.15) is 5.82 Å². The quantitative estimate of drug-likeness (QED) is 0.518. The van der Waals surface area contributed by atoms with Gasteiger partial charge in [0, 0.05) is 44.4 Å². The Morgan fingerprint density at radius 2 is 1.80 bits per heavy atom. The van der Waals surface area contributed by atoms with E-state index < -0.39 is 15.9 Å². The predicted octanol–water partition coefficient (Wildman–Crippen LogP) is 2.86. The Morgan fingerprint density at radius 1 is 1.06 bits per heavy atom. The minimum absolute atomic E-state index is 0.0934. The van der Waals surface area contributed by atoms with Crippen molar-refractivity contribution in [3.8, 4) is 6.07 Å². The lowest BCUT2D eigenvalue weighted by molar-refractivity contribution is 0.102. The molecule has 0 unspecified atom stereocenters. The zero-order chi connectivity index (χ0) is 24.8. The molecule has 9 nitrogen and oxygen atoms in total. The minimum Gasteiger partial charge on any atom is -0.307 e. The molecule has 2 heterocycles. The van der Waals surface area contributed by atoms with E-state index >= 15 is 0 Å². The number of piperazine rings is 1. The van der Waals surface area contributed by atoms with E-state index in [4.69, 9.17) is 5.26 Å². The number of amides is 1. The van der Waals surface area contributed by atoms with Crippen molar-refractivity contribution in [3.63, 3.8) is 0 Å². The van der Waals surface area contributed by atoms with Crippen LogP contribution in [0.3, 0.4) is 0 Å². The highest BCUT2D eigenvalue weighted by Gasteiger charge is 2.29. The Bertz CT molecular complexity index is 1320. The molecule has 1 aromatic heterocycles. The predicted molar refractivity (Wildman–Crippen MR) is 132 cm³/mol. The molecule has 0 atom stereocenters. The third kappa shape index (κ3) is 5.95. The number of nitriles is 1. The van der Waals surface area contributed by atoms with Gasteiger partial charge in [0.2, 0.25) is 10.0 Å².